The molecular weight excluding hydrogens is 376 g/mol. The molecule has 0 bridgehead atoms. The van der Waals surface area contributed by atoms with Gasteiger partial charge < -0.3 is 9.80 Å². The number of benzene rings is 1. The van der Waals surface area contributed by atoms with Gasteiger partial charge in [0.2, 0.25) is 0 Å². The number of aromatic nitrogens is 1. The number of anilines is 1. The molecule has 0 saturated carbocycles. The van der Waals surface area contributed by atoms with Crippen LogP contribution < -0.4 is 4.90 Å². The lowest BCUT2D eigenvalue weighted by molar-refractivity contribution is -0.385. The lowest BCUT2D eigenvalue weighted by Crippen LogP contribution is -2.49. The van der Waals surface area contributed by atoms with E-state index in [1.54, 1.807) is 18.2 Å². The first-order valence-electron chi connectivity index (χ1n) is 7.45. The summed E-state index contributed by atoms with van der Waals surface area (Å²) in [6.07, 6.45) is 1.26. The SMILES string of the molecule is O=C(c1ccc(Br)cc1)N1CCN(c2ccc([N+](=O)[O-])cn2)CC1. The number of nitro groups is 1. The second-order valence-electron chi connectivity index (χ2n) is 5.42. The normalized spacial score (nSPS) is 14.5. The molecule has 7 nitrogen and oxygen atoms in total. The van der Waals surface area contributed by atoms with Crippen LogP contribution in [0.3, 0.4) is 0 Å². The number of pyridine rings is 1. The molecule has 2 heterocycles. The van der Waals surface area contributed by atoms with E-state index in [2.05, 4.69) is 20.9 Å². The van der Waals surface area contributed by atoms with Crippen LogP contribution in [0.1, 0.15) is 10.4 Å². The zero-order valence-electron chi connectivity index (χ0n) is 12.8. The smallest absolute Gasteiger partial charge is 0.287 e. The van der Waals surface area contributed by atoms with Crippen molar-refractivity contribution in [3.05, 3.63) is 62.7 Å². The Morgan fingerprint density at radius 3 is 2.29 bits per heavy atom. The van der Waals surface area contributed by atoms with Gasteiger partial charge in [0, 0.05) is 42.3 Å². The van der Waals surface area contributed by atoms with Crippen LogP contribution in [0, 0.1) is 10.1 Å². The van der Waals surface area contributed by atoms with Crippen LogP contribution in [-0.2, 0) is 0 Å². The molecule has 24 heavy (non-hydrogen) atoms. The molecule has 0 spiro atoms. The molecule has 0 N–H and O–H groups in total. The molecule has 1 saturated heterocycles. The predicted molar refractivity (Wildman–Crippen MR) is 93.1 cm³/mol. The maximum Gasteiger partial charge on any atom is 0.287 e. The molecule has 1 aliphatic rings. The Balaban J connectivity index is 1.62. The summed E-state index contributed by atoms with van der Waals surface area (Å²) in [4.78, 5) is 30.6. The van der Waals surface area contributed by atoms with E-state index < -0.39 is 4.92 Å². The van der Waals surface area contributed by atoms with Crippen molar-refractivity contribution in [1.82, 2.24) is 9.88 Å². The highest BCUT2D eigenvalue weighted by Gasteiger charge is 2.23. The van der Waals surface area contributed by atoms with Crippen LogP contribution in [-0.4, -0.2) is 46.9 Å². The summed E-state index contributed by atoms with van der Waals surface area (Å²) in [5.41, 5.74) is 0.642. The van der Waals surface area contributed by atoms with E-state index in [1.807, 2.05) is 21.9 Å². The Kier molecular flexibility index (Phi) is 4.75. The summed E-state index contributed by atoms with van der Waals surface area (Å²) in [7, 11) is 0. The fourth-order valence-corrected chi connectivity index (χ4v) is 2.85. The van der Waals surface area contributed by atoms with Crippen LogP contribution >= 0.6 is 15.9 Å². The van der Waals surface area contributed by atoms with Crippen molar-refractivity contribution < 1.29 is 9.72 Å². The average Bonchev–Trinajstić information content (AvgIpc) is 2.62. The van der Waals surface area contributed by atoms with Crippen molar-refractivity contribution in [3.8, 4) is 0 Å². The van der Waals surface area contributed by atoms with Gasteiger partial charge in [-0.3, -0.25) is 14.9 Å². The van der Waals surface area contributed by atoms with Gasteiger partial charge >= 0.3 is 0 Å². The van der Waals surface area contributed by atoms with Crippen molar-refractivity contribution in [1.29, 1.82) is 0 Å². The summed E-state index contributed by atoms with van der Waals surface area (Å²) >= 11 is 3.36. The standard InChI is InChI=1S/C16H15BrN4O3/c17-13-3-1-12(2-4-13)16(22)20-9-7-19(8-10-20)15-6-5-14(11-18-15)21(23)24/h1-6,11H,7-10H2. The fourth-order valence-electron chi connectivity index (χ4n) is 2.59. The van der Waals surface area contributed by atoms with Gasteiger partial charge in [-0.05, 0) is 30.3 Å². The Hall–Kier alpha value is -2.48. The van der Waals surface area contributed by atoms with Gasteiger partial charge in [-0.15, -0.1) is 0 Å². The number of halogens is 1. The molecule has 0 unspecified atom stereocenters. The number of nitrogens with zero attached hydrogens (tertiary/aromatic N) is 4. The fraction of sp³-hybridized carbons (Fsp3) is 0.250. The molecule has 2 aromatic rings. The Morgan fingerprint density at radius 2 is 1.75 bits per heavy atom. The van der Waals surface area contributed by atoms with Crippen LogP contribution in [0.4, 0.5) is 11.5 Å². The summed E-state index contributed by atoms with van der Waals surface area (Å²) < 4.78 is 0.938. The molecule has 1 aliphatic heterocycles. The molecule has 124 valence electrons. The Morgan fingerprint density at radius 1 is 1.08 bits per heavy atom. The summed E-state index contributed by atoms with van der Waals surface area (Å²) in [6, 6.07) is 10.4. The molecule has 1 amide bonds. The van der Waals surface area contributed by atoms with E-state index in [-0.39, 0.29) is 11.6 Å². The van der Waals surface area contributed by atoms with Crippen LogP contribution in [0.15, 0.2) is 47.1 Å². The van der Waals surface area contributed by atoms with E-state index in [9.17, 15) is 14.9 Å². The first-order chi connectivity index (χ1) is 11.5. The average molecular weight is 391 g/mol. The molecule has 0 radical (unpaired) electrons. The van der Waals surface area contributed by atoms with Gasteiger partial charge in [0.05, 0.1) is 4.92 Å². The number of hydrogen-bond donors (Lipinski definition) is 0. The molecular formula is C16H15BrN4O3. The monoisotopic (exact) mass is 390 g/mol. The zero-order chi connectivity index (χ0) is 17.1. The highest BCUT2D eigenvalue weighted by Crippen LogP contribution is 2.18. The number of piperazine rings is 1. The number of rotatable bonds is 3. The van der Waals surface area contributed by atoms with Crippen molar-refractivity contribution in [2.24, 2.45) is 0 Å². The van der Waals surface area contributed by atoms with Gasteiger partial charge in [0.25, 0.3) is 11.6 Å². The van der Waals surface area contributed by atoms with E-state index in [1.165, 1.54) is 12.3 Å². The second kappa shape index (κ2) is 6.96. The molecule has 3 rings (SSSR count). The Labute approximate surface area is 147 Å². The first-order valence-corrected chi connectivity index (χ1v) is 8.24. The highest BCUT2D eigenvalue weighted by molar-refractivity contribution is 9.10. The van der Waals surface area contributed by atoms with Gasteiger partial charge in [-0.25, -0.2) is 4.98 Å². The topological polar surface area (TPSA) is 79.6 Å². The van der Waals surface area contributed by atoms with E-state index in [0.717, 1.165) is 4.47 Å². The zero-order valence-corrected chi connectivity index (χ0v) is 14.3. The molecule has 1 aromatic carbocycles. The third-order valence-corrected chi connectivity index (χ3v) is 4.45. The first kappa shape index (κ1) is 16.4. The quantitative estimate of drug-likeness (QED) is 0.594. The van der Waals surface area contributed by atoms with Crippen molar-refractivity contribution >= 4 is 33.3 Å². The minimum Gasteiger partial charge on any atom is -0.353 e. The number of carbonyl (C=O) groups is 1. The summed E-state index contributed by atoms with van der Waals surface area (Å²) in [5, 5.41) is 10.7. The minimum absolute atomic E-state index is 0.0128. The van der Waals surface area contributed by atoms with Crippen LogP contribution in [0.25, 0.3) is 0 Å². The van der Waals surface area contributed by atoms with Crippen molar-refractivity contribution in [3.63, 3.8) is 0 Å². The van der Waals surface area contributed by atoms with E-state index in [4.69, 9.17) is 0 Å². The van der Waals surface area contributed by atoms with Crippen LogP contribution in [0.5, 0.6) is 0 Å². The lowest BCUT2D eigenvalue weighted by atomic mass is 10.2. The maximum atomic E-state index is 12.5. The third-order valence-electron chi connectivity index (χ3n) is 3.93. The third kappa shape index (κ3) is 3.53. The summed E-state index contributed by atoms with van der Waals surface area (Å²) in [6.45, 7) is 2.47. The van der Waals surface area contributed by atoms with Gasteiger partial charge in [-0.2, -0.15) is 0 Å². The molecule has 0 aliphatic carbocycles. The Bertz CT molecular complexity index is 741. The summed E-state index contributed by atoms with van der Waals surface area (Å²) in [5.74, 6) is 0.704. The molecule has 1 aromatic heterocycles. The second-order valence-corrected chi connectivity index (χ2v) is 6.33. The lowest BCUT2D eigenvalue weighted by Gasteiger charge is -2.35. The molecule has 8 heteroatoms. The van der Waals surface area contributed by atoms with Crippen molar-refractivity contribution in [2.75, 3.05) is 31.1 Å². The van der Waals surface area contributed by atoms with Gasteiger partial charge in [-0.1, -0.05) is 15.9 Å². The molecule has 1 fully saturated rings. The number of amides is 1. The highest BCUT2D eigenvalue weighted by atomic mass is 79.9. The maximum absolute atomic E-state index is 12.5. The number of hydrogen-bond acceptors (Lipinski definition) is 5. The molecule has 0 atom stereocenters. The van der Waals surface area contributed by atoms with E-state index >= 15 is 0 Å². The minimum atomic E-state index is -0.467. The van der Waals surface area contributed by atoms with Gasteiger partial charge in [0.1, 0.15) is 12.0 Å². The van der Waals surface area contributed by atoms with Crippen molar-refractivity contribution in [2.45, 2.75) is 0 Å². The largest absolute Gasteiger partial charge is 0.353 e. The van der Waals surface area contributed by atoms with Crippen LogP contribution in [0.2, 0.25) is 0 Å². The van der Waals surface area contributed by atoms with E-state index in [0.29, 0.717) is 37.6 Å². The number of carbonyl (C=O) groups excluding carboxylic acids is 1. The van der Waals surface area contributed by atoms with Gasteiger partial charge in [0.15, 0.2) is 0 Å². The predicted octanol–water partition coefficient (Wildman–Crippen LogP) is 2.71.